The Hall–Kier alpha value is -4.28. The van der Waals surface area contributed by atoms with Gasteiger partial charge in [-0.1, -0.05) is 6.07 Å². The maximum Gasteiger partial charge on any atom is 0.416 e. The van der Waals surface area contributed by atoms with E-state index in [2.05, 4.69) is 15.6 Å². The number of nitrogens with zero attached hydrogens (tertiary/aromatic N) is 1. The zero-order valence-electron chi connectivity index (χ0n) is 17.4. The summed E-state index contributed by atoms with van der Waals surface area (Å²) in [7, 11) is 2.76. The molecular weight excluding hydrogens is 443 g/mol. The van der Waals surface area contributed by atoms with Crippen LogP contribution in [0.15, 0.2) is 60.8 Å². The highest BCUT2D eigenvalue weighted by Crippen LogP contribution is 2.31. The average Bonchev–Trinajstić information content (AvgIpc) is 2.79. The summed E-state index contributed by atoms with van der Waals surface area (Å²) in [6.07, 6.45) is -3.18. The van der Waals surface area contributed by atoms with Crippen LogP contribution in [0.3, 0.4) is 0 Å². The predicted molar refractivity (Wildman–Crippen MR) is 112 cm³/mol. The van der Waals surface area contributed by atoms with Crippen LogP contribution < -0.4 is 24.8 Å². The summed E-state index contributed by atoms with van der Waals surface area (Å²) in [5, 5.41) is 4.60. The van der Waals surface area contributed by atoms with Gasteiger partial charge < -0.3 is 19.5 Å². The van der Waals surface area contributed by atoms with E-state index >= 15 is 0 Å². The van der Waals surface area contributed by atoms with Gasteiger partial charge in [0.05, 0.1) is 31.7 Å². The number of hydrogen-bond donors (Lipinski definition) is 2. The number of aromatic nitrogens is 1. The van der Waals surface area contributed by atoms with Crippen LogP contribution in [0.2, 0.25) is 0 Å². The van der Waals surface area contributed by atoms with Crippen LogP contribution in [0, 0.1) is 0 Å². The molecule has 0 radical (unpaired) electrons. The second-order valence-electron chi connectivity index (χ2n) is 6.46. The number of alkyl halides is 3. The van der Waals surface area contributed by atoms with Crippen LogP contribution in [0.5, 0.6) is 23.1 Å². The lowest BCUT2D eigenvalue weighted by atomic mass is 10.1. The highest BCUT2D eigenvalue weighted by atomic mass is 19.4. The van der Waals surface area contributed by atoms with Gasteiger partial charge in [-0.15, -0.1) is 0 Å². The molecule has 2 N–H and O–H groups in total. The van der Waals surface area contributed by atoms with Crippen molar-refractivity contribution in [3.63, 3.8) is 0 Å². The van der Waals surface area contributed by atoms with E-state index < -0.39 is 23.7 Å². The molecule has 1 aromatic heterocycles. The Bertz CT molecular complexity index is 1110. The third-order valence-electron chi connectivity index (χ3n) is 4.28. The Morgan fingerprint density at radius 3 is 2.06 bits per heavy atom. The van der Waals surface area contributed by atoms with Gasteiger partial charge in [0.15, 0.2) is 0 Å². The molecule has 8 nitrogen and oxygen atoms in total. The van der Waals surface area contributed by atoms with Crippen molar-refractivity contribution in [2.24, 2.45) is 0 Å². The van der Waals surface area contributed by atoms with Gasteiger partial charge in [0.25, 0.3) is 5.91 Å². The van der Waals surface area contributed by atoms with Crippen LogP contribution in [0.4, 0.5) is 23.7 Å². The normalized spacial score (nSPS) is 10.8. The number of amides is 3. The van der Waals surface area contributed by atoms with Crippen molar-refractivity contribution in [1.82, 2.24) is 10.3 Å². The lowest BCUT2D eigenvalue weighted by Crippen LogP contribution is -2.34. The molecule has 0 aliphatic rings. The van der Waals surface area contributed by atoms with E-state index in [1.807, 2.05) is 0 Å². The van der Waals surface area contributed by atoms with Gasteiger partial charge in [-0.05, 0) is 42.5 Å². The van der Waals surface area contributed by atoms with E-state index in [4.69, 9.17) is 14.2 Å². The molecule has 0 unspecified atom stereocenters. The summed E-state index contributed by atoms with van der Waals surface area (Å²) in [5.41, 5.74) is -0.503. The molecule has 3 aromatic rings. The number of pyridine rings is 1. The predicted octanol–water partition coefficient (Wildman–Crippen LogP) is 4.87. The molecule has 0 saturated carbocycles. The van der Waals surface area contributed by atoms with Crippen LogP contribution in [0.1, 0.15) is 15.9 Å². The number of anilines is 1. The number of nitrogens with one attached hydrogen (secondary N) is 2. The Labute approximate surface area is 186 Å². The van der Waals surface area contributed by atoms with Gasteiger partial charge in [-0.25, -0.2) is 9.78 Å². The second kappa shape index (κ2) is 9.90. The molecule has 11 heteroatoms. The van der Waals surface area contributed by atoms with Crippen molar-refractivity contribution < 1.29 is 37.0 Å². The van der Waals surface area contributed by atoms with Crippen molar-refractivity contribution in [2.45, 2.75) is 6.18 Å². The average molecular weight is 461 g/mol. The van der Waals surface area contributed by atoms with Crippen LogP contribution in [-0.2, 0) is 6.18 Å². The number of carbonyl (C=O) groups is 2. The van der Waals surface area contributed by atoms with E-state index in [0.29, 0.717) is 0 Å². The molecule has 0 spiro atoms. The molecule has 1 heterocycles. The van der Waals surface area contributed by atoms with Crippen LogP contribution in [0.25, 0.3) is 0 Å². The first-order valence-electron chi connectivity index (χ1n) is 9.35. The largest absolute Gasteiger partial charge is 0.496 e. The fraction of sp³-hybridized carbons (Fsp3) is 0.136. The molecule has 172 valence electrons. The van der Waals surface area contributed by atoms with Gasteiger partial charge in [-0.2, -0.15) is 13.2 Å². The van der Waals surface area contributed by atoms with E-state index in [-0.39, 0.29) is 34.4 Å². The van der Waals surface area contributed by atoms with E-state index in [1.54, 1.807) is 18.2 Å². The second-order valence-corrected chi connectivity index (χ2v) is 6.46. The van der Waals surface area contributed by atoms with Gasteiger partial charge >= 0.3 is 12.2 Å². The van der Waals surface area contributed by atoms with Crippen molar-refractivity contribution in [3.8, 4) is 23.1 Å². The smallest absolute Gasteiger partial charge is 0.416 e. The first kappa shape index (κ1) is 23.4. The summed E-state index contributed by atoms with van der Waals surface area (Å²) >= 11 is 0. The zero-order valence-corrected chi connectivity index (χ0v) is 17.4. The Morgan fingerprint density at radius 1 is 0.909 bits per heavy atom. The number of ether oxygens (including phenoxy) is 3. The number of carbonyl (C=O) groups excluding carboxylic acids is 2. The third kappa shape index (κ3) is 5.91. The molecule has 0 aliphatic carbocycles. The molecular formula is C22H18F3N3O5. The van der Waals surface area contributed by atoms with Gasteiger partial charge in [0.2, 0.25) is 5.88 Å². The third-order valence-corrected chi connectivity index (χ3v) is 4.28. The Morgan fingerprint density at radius 2 is 1.55 bits per heavy atom. The standard InChI is InChI=1S/C22H18F3N3O5/c1-31-16-4-3-5-17(32-2)19(16)20(29)28-21(30)27-14-8-11-18(26-12-14)33-15-9-6-13(7-10-15)22(23,24)25/h3-12H,1-2H3,(H2,27,28,29,30). The number of urea groups is 1. The number of imide groups is 1. The van der Waals surface area contributed by atoms with Crippen LogP contribution in [-0.4, -0.2) is 31.1 Å². The summed E-state index contributed by atoms with van der Waals surface area (Å²) in [5.74, 6) is -0.0324. The number of benzene rings is 2. The molecule has 0 saturated heterocycles. The monoisotopic (exact) mass is 461 g/mol. The summed E-state index contributed by atoms with van der Waals surface area (Å²) < 4.78 is 53.5. The number of halogens is 3. The minimum Gasteiger partial charge on any atom is -0.496 e. The lowest BCUT2D eigenvalue weighted by molar-refractivity contribution is -0.137. The molecule has 0 atom stereocenters. The summed E-state index contributed by atoms with van der Waals surface area (Å²) in [4.78, 5) is 28.7. The molecule has 33 heavy (non-hydrogen) atoms. The van der Waals surface area contributed by atoms with Gasteiger partial charge in [-0.3, -0.25) is 10.1 Å². The maximum atomic E-state index is 12.6. The number of rotatable bonds is 6. The first-order valence-corrected chi connectivity index (χ1v) is 9.35. The van der Waals surface area contributed by atoms with Crippen molar-refractivity contribution in [2.75, 3.05) is 19.5 Å². The molecule has 2 aromatic carbocycles. The van der Waals surface area contributed by atoms with Gasteiger partial charge in [0, 0.05) is 6.07 Å². The maximum absolute atomic E-state index is 12.6. The van der Waals surface area contributed by atoms with Crippen molar-refractivity contribution in [1.29, 1.82) is 0 Å². The topological polar surface area (TPSA) is 98.8 Å². The molecule has 3 amide bonds. The van der Waals surface area contributed by atoms with Crippen molar-refractivity contribution >= 4 is 17.6 Å². The zero-order chi connectivity index (χ0) is 24.0. The van der Waals surface area contributed by atoms with E-state index in [1.165, 1.54) is 44.7 Å². The summed E-state index contributed by atoms with van der Waals surface area (Å²) in [6, 6.07) is 10.9. The lowest BCUT2D eigenvalue weighted by Gasteiger charge is -2.13. The van der Waals surface area contributed by atoms with Gasteiger partial charge in [0.1, 0.15) is 22.8 Å². The molecule has 0 bridgehead atoms. The minimum absolute atomic E-state index is 0.0519. The quantitative estimate of drug-likeness (QED) is 0.543. The highest BCUT2D eigenvalue weighted by Gasteiger charge is 2.30. The highest BCUT2D eigenvalue weighted by molar-refractivity contribution is 6.10. The SMILES string of the molecule is COc1cccc(OC)c1C(=O)NC(=O)Nc1ccc(Oc2ccc(C(F)(F)F)cc2)nc1. The van der Waals surface area contributed by atoms with Crippen molar-refractivity contribution in [3.05, 3.63) is 71.9 Å². The first-order chi connectivity index (χ1) is 15.7. The molecule has 3 rings (SSSR count). The molecule has 0 aliphatic heterocycles. The van der Waals surface area contributed by atoms with E-state index in [0.717, 1.165) is 12.1 Å². The van der Waals surface area contributed by atoms with E-state index in [9.17, 15) is 22.8 Å². The Kier molecular flexibility index (Phi) is 7.01. The minimum atomic E-state index is -4.44. The Balaban J connectivity index is 1.61. The number of methoxy groups -OCH3 is 2. The fourth-order valence-electron chi connectivity index (χ4n) is 2.75. The molecule has 0 fully saturated rings. The summed E-state index contributed by atoms with van der Waals surface area (Å²) in [6.45, 7) is 0. The fourth-order valence-corrected chi connectivity index (χ4v) is 2.75. The number of hydrogen-bond acceptors (Lipinski definition) is 6. The van der Waals surface area contributed by atoms with Crippen LogP contribution >= 0.6 is 0 Å².